The second kappa shape index (κ2) is 17.2. The summed E-state index contributed by atoms with van der Waals surface area (Å²) in [5.74, 6) is -4.80. The molecular weight excluding hydrogens is 747 g/mol. The van der Waals surface area contributed by atoms with Crippen molar-refractivity contribution in [2.75, 3.05) is 25.5 Å². The summed E-state index contributed by atoms with van der Waals surface area (Å²) >= 11 is 0. The molecule has 5 atom stereocenters. The van der Waals surface area contributed by atoms with Crippen molar-refractivity contribution in [3.05, 3.63) is 125 Å². The first-order valence-corrected chi connectivity index (χ1v) is 18.4. The molecule has 3 heterocycles. The molecule has 1 aromatic heterocycles. The Labute approximate surface area is 312 Å². The van der Waals surface area contributed by atoms with E-state index in [-0.39, 0.29) is 31.2 Å². The van der Waals surface area contributed by atoms with Gasteiger partial charge in [-0.25, -0.2) is 18.9 Å². The van der Waals surface area contributed by atoms with Gasteiger partial charge < -0.3 is 28.4 Å². The molecule has 2 aliphatic heterocycles. The third-order valence-electron chi connectivity index (χ3n) is 8.42. The van der Waals surface area contributed by atoms with Gasteiger partial charge in [-0.1, -0.05) is 78.9 Å². The number of benzene rings is 3. The van der Waals surface area contributed by atoms with E-state index in [0.29, 0.717) is 22.2 Å². The Morgan fingerprint density at radius 2 is 1.55 bits per heavy atom. The molecule has 2 N–H and O–H groups in total. The van der Waals surface area contributed by atoms with Crippen molar-refractivity contribution in [1.82, 2.24) is 19.5 Å². The fourth-order valence-electron chi connectivity index (χ4n) is 5.64. The first-order chi connectivity index (χ1) is 26.4. The van der Waals surface area contributed by atoms with Gasteiger partial charge in [0.2, 0.25) is 18.2 Å². The molecule has 2 fully saturated rings. The van der Waals surface area contributed by atoms with E-state index in [4.69, 9.17) is 28.0 Å². The standard InChI is InChI=1S/C36H36F2N5O11P/c1-42-19-17-27(31(42)44)41-55(48,54-26-15-9-4-10-16-26)51-23-28-30(53-35(47)50-22-25-13-7-3-8-14-25)36(37,38)32(52-28)43-20-18-29(39-33(43)45)40-34(46)49-21-24-11-5-2-6-12-24/h2-16,18,20,27-28,30,32H,17,19,21-23H2,1H3,(H,41,48)(H,39,40,45,46). The van der Waals surface area contributed by atoms with Crippen molar-refractivity contribution in [2.24, 2.45) is 0 Å². The predicted molar refractivity (Wildman–Crippen MR) is 189 cm³/mol. The number of likely N-dealkylation sites (tertiary alicyclic amines) is 1. The minimum Gasteiger partial charge on any atom is -0.444 e. The summed E-state index contributed by atoms with van der Waals surface area (Å²) in [5, 5.41) is 4.84. The maximum Gasteiger partial charge on any atom is 0.509 e. The third-order valence-corrected chi connectivity index (χ3v) is 9.99. The number of nitrogens with one attached hydrogen (secondary N) is 2. The Bertz CT molecular complexity index is 2060. The second-order valence-electron chi connectivity index (χ2n) is 12.4. The van der Waals surface area contributed by atoms with E-state index in [9.17, 15) is 23.7 Å². The fourth-order valence-corrected chi connectivity index (χ4v) is 7.19. The Morgan fingerprint density at radius 1 is 0.927 bits per heavy atom. The zero-order valence-electron chi connectivity index (χ0n) is 29.2. The lowest BCUT2D eigenvalue weighted by molar-refractivity contribution is -0.146. The fraction of sp³-hybridized carbons (Fsp3) is 0.306. The Kier molecular flexibility index (Phi) is 12.2. The van der Waals surface area contributed by atoms with Crippen molar-refractivity contribution >= 4 is 31.7 Å². The molecule has 2 saturated heterocycles. The number of nitrogens with zero attached hydrogens (tertiary/aromatic N) is 3. The SMILES string of the molecule is CN1CCC(NP(=O)(OCC2OC(n3ccc(NC(=O)OCc4ccccc4)nc3=O)C(F)(F)C2OC(=O)OCc2ccccc2)Oc2ccccc2)C1=O. The lowest BCUT2D eigenvalue weighted by Crippen LogP contribution is -2.45. The number of hydrogen-bond acceptors (Lipinski definition) is 12. The summed E-state index contributed by atoms with van der Waals surface area (Å²) in [5.41, 5.74) is -0.0421. The van der Waals surface area contributed by atoms with E-state index in [1.807, 2.05) is 0 Å². The van der Waals surface area contributed by atoms with Crippen molar-refractivity contribution < 1.29 is 55.7 Å². The molecule has 0 spiro atoms. The first-order valence-electron chi connectivity index (χ1n) is 16.9. The zero-order chi connectivity index (χ0) is 39.0. The molecule has 5 unspecified atom stereocenters. The number of aromatic nitrogens is 2. The number of carbonyl (C=O) groups is 3. The molecule has 16 nitrogen and oxygen atoms in total. The van der Waals surface area contributed by atoms with Gasteiger partial charge in [0.1, 0.15) is 30.9 Å². The van der Waals surface area contributed by atoms with E-state index >= 15 is 8.78 Å². The molecule has 55 heavy (non-hydrogen) atoms. The molecule has 0 bridgehead atoms. The lowest BCUT2D eigenvalue weighted by atomic mass is 10.1. The highest BCUT2D eigenvalue weighted by Crippen LogP contribution is 2.49. The van der Waals surface area contributed by atoms with Crippen LogP contribution < -0.4 is 20.6 Å². The number of alkyl halides is 2. The Hall–Kier alpha value is -5.68. The monoisotopic (exact) mass is 783 g/mol. The van der Waals surface area contributed by atoms with Crippen LogP contribution in [0, 0.1) is 0 Å². The molecule has 3 aromatic carbocycles. The van der Waals surface area contributed by atoms with E-state index in [1.165, 1.54) is 17.0 Å². The predicted octanol–water partition coefficient (Wildman–Crippen LogP) is 5.27. The van der Waals surface area contributed by atoms with Gasteiger partial charge in [0, 0.05) is 19.8 Å². The van der Waals surface area contributed by atoms with Crippen LogP contribution in [0.4, 0.5) is 24.2 Å². The number of anilines is 1. The van der Waals surface area contributed by atoms with Gasteiger partial charge in [-0.15, -0.1) is 0 Å². The van der Waals surface area contributed by atoms with Crippen LogP contribution in [0.1, 0.15) is 23.8 Å². The topological polar surface area (TPSA) is 186 Å². The van der Waals surface area contributed by atoms with Gasteiger partial charge in [0.25, 0.3) is 0 Å². The minimum atomic E-state index is -4.54. The van der Waals surface area contributed by atoms with Gasteiger partial charge in [-0.2, -0.15) is 18.9 Å². The number of carbonyl (C=O) groups excluding carboxylic acids is 3. The zero-order valence-corrected chi connectivity index (χ0v) is 30.1. The van der Waals surface area contributed by atoms with Crippen molar-refractivity contribution in [1.29, 1.82) is 0 Å². The van der Waals surface area contributed by atoms with E-state index in [1.54, 1.807) is 85.9 Å². The Morgan fingerprint density at radius 3 is 2.15 bits per heavy atom. The van der Waals surface area contributed by atoms with Crippen molar-refractivity contribution in [2.45, 2.75) is 50.0 Å². The molecule has 19 heteroatoms. The average molecular weight is 784 g/mol. The van der Waals surface area contributed by atoms with Gasteiger partial charge in [0.05, 0.1) is 12.6 Å². The number of likely N-dealkylation sites (N-methyl/N-ethyl adjacent to an activating group) is 1. The smallest absolute Gasteiger partial charge is 0.444 e. The van der Waals surface area contributed by atoms with Crippen LogP contribution in [0.25, 0.3) is 0 Å². The first kappa shape index (κ1) is 39.0. The molecule has 6 rings (SSSR count). The van der Waals surface area contributed by atoms with Crippen LogP contribution in [0.3, 0.4) is 0 Å². The summed E-state index contributed by atoms with van der Waals surface area (Å²) in [6, 6.07) is 25.0. The number of rotatable bonds is 14. The number of para-hydroxylation sites is 1. The largest absolute Gasteiger partial charge is 0.509 e. The summed E-state index contributed by atoms with van der Waals surface area (Å²) in [6.45, 7) is -1.01. The van der Waals surface area contributed by atoms with Crippen molar-refractivity contribution in [3.8, 4) is 5.75 Å². The molecule has 4 aromatic rings. The lowest BCUT2D eigenvalue weighted by Gasteiger charge is -2.26. The van der Waals surface area contributed by atoms with Gasteiger partial charge in [-0.3, -0.25) is 19.2 Å². The minimum absolute atomic E-state index is 0.0697. The number of amides is 2. The quantitative estimate of drug-likeness (QED) is 0.125. The van der Waals surface area contributed by atoms with Crippen LogP contribution in [0.5, 0.6) is 5.75 Å². The maximum atomic E-state index is 16.3. The van der Waals surface area contributed by atoms with Gasteiger partial charge in [0.15, 0.2) is 0 Å². The average Bonchev–Trinajstić information content (AvgIpc) is 3.62. The molecule has 2 aliphatic rings. The van der Waals surface area contributed by atoms with Gasteiger partial charge in [-0.05, 0) is 35.7 Å². The summed E-state index contributed by atoms with van der Waals surface area (Å²) in [7, 11) is -2.98. The Balaban J connectivity index is 1.21. The van der Waals surface area contributed by atoms with Crippen LogP contribution in [-0.2, 0) is 46.0 Å². The molecule has 0 saturated carbocycles. The van der Waals surface area contributed by atoms with Crippen molar-refractivity contribution in [3.63, 3.8) is 0 Å². The summed E-state index contributed by atoms with van der Waals surface area (Å²) in [6.07, 6.45) is -8.13. The van der Waals surface area contributed by atoms with Gasteiger partial charge >= 0.3 is 31.6 Å². The van der Waals surface area contributed by atoms with Crippen LogP contribution in [0.15, 0.2) is 108 Å². The van der Waals surface area contributed by atoms with E-state index < -0.39 is 68.6 Å². The van der Waals surface area contributed by atoms with E-state index in [2.05, 4.69) is 15.4 Å². The van der Waals surface area contributed by atoms with Crippen LogP contribution in [0.2, 0.25) is 0 Å². The molecule has 0 radical (unpaired) electrons. The normalized spacial score (nSPS) is 21.4. The highest BCUT2D eigenvalue weighted by Gasteiger charge is 2.63. The van der Waals surface area contributed by atoms with Crippen LogP contribution in [-0.4, -0.2) is 77.0 Å². The van der Waals surface area contributed by atoms with Crippen LogP contribution >= 0.6 is 7.75 Å². The number of hydrogen-bond donors (Lipinski definition) is 2. The second-order valence-corrected chi connectivity index (χ2v) is 14.1. The maximum absolute atomic E-state index is 16.3. The molecule has 2 amide bonds. The summed E-state index contributed by atoms with van der Waals surface area (Å²) in [4.78, 5) is 56.0. The number of ether oxygens (including phenoxy) is 4. The highest BCUT2D eigenvalue weighted by molar-refractivity contribution is 7.52. The molecule has 290 valence electrons. The molecule has 0 aliphatic carbocycles. The third kappa shape index (κ3) is 9.90. The summed E-state index contributed by atoms with van der Waals surface area (Å²) < 4.78 is 79.4. The number of halogens is 2. The van der Waals surface area contributed by atoms with E-state index in [0.717, 1.165) is 12.3 Å². The molecular formula is C36H36F2N5O11P. The highest BCUT2D eigenvalue weighted by atomic mass is 31.2.